The molecule has 134 valence electrons. The van der Waals surface area contributed by atoms with E-state index in [-0.39, 0.29) is 0 Å². The monoisotopic (exact) mass is 350 g/mol. The van der Waals surface area contributed by atoms with E-state index in [2.05, 4.69) is 42.7 Å². The van der Waals surface area contributed by atoms with E-state index in [0.29, 0.717) is 18.5 Å². The van der Waals surface area contributed by atoms with Gasteiger partial charge in [0, 0.05) is 37.3 Å². The standard InChI is InChI=1S/C19H22N6O/c1-3-14(11-15(4-1)18-20-8-9-21-18)12-23-19-22-7-6-17(25-19)24-16-5-2-10-26-13-16/h1,3-4,6-9,11,16H,2,5,10,12-13H2,(H,20,21)(H2,22,23,24,25). The van der Waals surface area contributed by atoms with E-state index < -0.39 is 0 Å². The van der Waals surface area contributed by atoms with Gasteiger partial charge in [-0.05, 0) is 30.5 Å². The Morgan fingerprint density at radius 3 is 3.04 bits per heavy atom. The fraction of sp³-hybridized carbons (Fsp3) is 0.316. The molecule has 0 radical (unpaired) electrons. The molecule has 0 saturated carbocycles. The first kappa shape index (κ1) is 16.5. The van der Waals surface area contributed by atoms with Crippen molar-refractivity contribution in [3.63, 3.8) is 0 Å². The summed E-state index contributed by atoms with van der Waals surface area (Å²) in [5, 5.41) is 6.71. The van der Waals surface area contributed by atoms with Crippen LogP contribution in [0.25, 0.3) is 11.4 Å². The molecule has 7 nitrogen and oxygen atoms in total. The highest BCUT2D eigenvalue weighted by molar-refractivity contribution is 5.56. The quantitative estimate of drug-likeness (QED) is 0.633. The number of aromatic amines is 1. The zero-order chi connectivity index (χ0) is 17.6. The number of nitrogens with one attached hydrogen (secondary N) is 3. The average Bonchev–Trinajstić information content (AvgIpc) is 3.23. The molecule has 1 atom stereocenters. The van der Waals surface area contributed by atoms with E-state index in [4.69, 9.17) is 4.74 Å². The number of benzene rings is 1. The molecule has 2 aromatic heterocycles. The van der Waals surface area contributed by atoms with Gasteiger partial charge in [-0.1, -0.05) is 18.2 Å². The van der Waals surface area contributed by atoms with Crippen molar-refractivity contribution in [3.05, 3.63) is 54.5 Å². The summed E-state index contributed by atoms with van der Waals surface area (Å²) in [4.78, 5) is 16.3. The van der Waals surface area contributed by atoms with Crippen LogP contribution in [0.5, 0.6) is 0 Å². The van der Waals surface area contributed by atoms with Gasteiger partial charge in [0.2, 0.25) is 5.95 Å². The van der Waals surface area contributed by atoms with Crippen LogP contribution in [0.1, 0.15) is 18.4 Å². The molecule has 1 aliphatic rings. The summed E-state index contributed by atoms with van der Waals surface area (Å²) in [7, 11) is 0. The molecule has 1 unspecified atom stereocenters. The highest BCUT2D eigenvalue weighted by Gasteiger charge is 2.14. The Labute approximate surface area is 152 Å². The molecule has 0 bridgehead atoms. The van der Waals surface area contributed by atoms with Crippen LogP contribution in [0.3, 0.4) is 0 Å². The predicted molar refractivity (Wildman–Crippen MR) is 101 cm³/mol. The second kappa shape index (κ2) is 7.97. The largest absolute Gasteiger partial charge is 0.379 e. The second-order valence-electron chi connectivity index (χ2n) is 6.32. The van der Waals surface area contributed by atoms with Crippen LogP contribution >= 0.6 is 0 Å². The molecule has 4 rings (SSSR count). The van der Waals surface area contributed by atoms with E-state index in [1.807, 2.05) is 24.4 Å². The molecule has 0 aliphatic carbocycles. The molecule has 3 aromatic rings. The van der Waals surface area contributed by atoms with E-state index >= 15 is 0 Å². The van der Waals surface area contributed by atoms with Crippen LogP contribution in [0, 0.1) is 0 Å². The van der Waals surface area contributed by atoms with E-state index in [1.54, 1.807) is 12.4 Å². The molecule has 1 saturated heterocycles. The minimum atomic E-state index is 0.316. The molecular weight excluding hydrogens is 328 g/mol. The maximum Gasteiger partial charge on any atom is 0.224 e. The zero-order valence-electron chi connectivity index (χ0n) is 14.5. The van der Waals surface area contributed by atoms with Gasteiger partial charge in [0.05, 0.1) is 12.6 Å². The first-order chi connectivity index (χ1) is 12.9. The van der Waals surface area contributed by atoms with Gasteiger partial charge < -0.3 is 20.4 Å². The summed E-state index contributed by atoms with van der Waals surface area (Å²) in [6.45, 7) is 2.22. The van der Waals surface area contributed by atoms with Gasteiger partial charge in [0.15, 0.2) is 0 Å². The molecule has 3 heterocycles. The molecule has 0 spiro atoms. The van der Waals surface area contributed by atoms with Crippen molar-refractivity contribution in [1.82, 2.24) is 19.9 Å². The van der Waals surface area contributed by atoms with Crippen molar-refractivity contribution in [2.24, 2.45) is 0 Å². The van der Waals surface area contributed by atoms with Crippen molar-refractivity contribution in [1.29, 1.82) is 0 Å². The van der Waals surface area contributed by atoms with E-state index in [0.717, 1.165) is 48.8 Å². The Kier molecular flexibility index (Phi) is 5.07. The zero-order valence-corrected chi connectivity index (χ0v) is 14.5. The second-order valence-corrected chi connectivity index (χ2v) is 6.32. The highest BCUT2D eigenvalue weighted by Crippen LogP contribution is 2.17. The Bertz CT molecular complexity index is 830. The third kappa shape index (κ3) is 4.18. The van der Waals surface area contributed by atoms with Crippen molar-refractivity contribution < 1.29 is 4.74 Å². The SMILES string of the molecule is c1cc(CNc2nccc(NC3CCCOC3)n2)cc(-c2ncc[nH]2)c1. The highest BCUT2D eigenvalue weighted by atomic mass is 16.5. The number of H-pyrrole nitrogens is 1. The lowest BCUT2D eigenvalue weighted by Gasteiger charge is -2.23. The van der Waals surface area contributed by atoms with Crippen molar-refractivity contribution in [2.75, 3.05) is 23.8 Å². The molecule has 26 heavy (non-hydrogen) atoms. The summed E-state index contributed by atoms with van der Waals surface area (Å²) in [6, 6.07) is 10.4. The van der Waals surface area contributed by atoms with Gasteiger partial charge in [-0.3, -0.25) is 0 Å². The Hall–Kier alpha value is -2.93. The summed E-state index contributed by atoms with van der Waals surface area (Å²) < 4.78 is 5.50. The Morgan fingerprint density at radius 2 is 2.19 bits per heavy atom. The van der Waals surface area contributed by atoms with Crippen LogP contribution in [-0.4, -0.2) is 39.2 Å². The van der Waals surface area contributed by atoms with Crippen molar-refractivity contribution in [2.45, 2.75) is 25.4 Å². The lowest BCUT2D eigenvalue weighted by atomic mass is 10.1. The topological polar surface area (TPSA) is 87.8 Å². The maximum absolute atomic E-state index is 5.50. The van der Waals surface area contributed by atoms with Gasteiger partial charge in [0.25, 0.3) is 0 Å². The van der Waals surface area contributed by atoms with Crippen LogP contribution in [0.4, 0.5) is 11.8 Å². The predicted octanol–water partition coefficient (Wildman–Crippen LogP) is 3.07. The van der Waals surface area contributed by atoms with E-state index in [9.17, 15) is 0 Å². The summed E-state index contributed by atoms with van der Waals surface area (Å²) in [6.07, 6.45) is 7.53. The number of aromatic nitrogens is 4. The number of ether oxygens (including phenoxy) is 1. The number of rotatable bonds is 6. The van der Waals surface area contributed by atoms with Gasteiger partial charge in [0.1, 0.15) is 11.6 Å². The molecule has 1 aromatic carbocycles. The number of nitrogens with zero attached hydrogens (tertiary/aromatic N) is 3. The minimum Gasteiger partial charge on any atom is -0.379 e. The fourth-order valence-electron chi connectivity index (χ4n) is 3.02. The third-order valence-electron chi connectivity index (χ3n) is 4.32. The smallest absolute Gasteiger partial charge is 0.224 e. The lowest BCUT2D eigenvalue weighted by molar-refractivity contribution is 0.0875. The molecule has 1 aliphatic heterocycles. The fourth-order valence-corrected chi connectivity index (χ4v) is 3.02. The molecule has 1 fully saturated rings. The van der Waals surface area contributed by atoms with Crippen molar-refractivity contribution in [3.8, 4) is 11.4 Å². The molecule has 7 heteroatoms. The molecule has 3 N–H and O–H groups in total. The van der Waals surface area contributed by atoms with Crippen molar-refractivity contribution >= 4 is 11.8 Å². The third-order valence-corrected chi connectivity index (χ3v) is 4.32. The summed E-state index contributed by atoms with van der Waals surface area (Å²) >= 11 is 0. The van der Waals surface area contributed by atoms with Gasteiger partial charge in [-0.15, -0.1) is 0 Å². The number of anilines is 2. The van der Waals surface area contributed by atoms with E-state index in [1.165, 1.54) is 0 Å². The normalized spacial score (nSPS) is 17.0. The molecule has 0 amide bonds. The number of hydrogen-bond acceptors (Lipinski definition) is 6. The van der Waals surface area contributed by atoms with Gasteiger partial charge in [-0.2, -0.15) is 4.98 Å². The van der Waals surface area contributed by atoms with Crippen LogP contribution in [-0.2, 0) is 11.3 Å². The van der Waals surface area contributed by atoms with Gasteiger partial charge in [-0.25, -0.2) is 9.97 Å². The van der Waals surface area contributed by atoms with Crippen LogP contribution in [0.15, 0.2) is 48.9 Å². The first-order valence-electron chi connectivity index (χ1n) is 8.87. The lowest BCUT2D eigenvalue weighted by Crippen LogP contribution is -2.30. The summed E-state index contributed by atoms with van der Waals surface area (Å²) in [5.74, 6) is 2.29. The van der Waals surface area contributed by atoms with Crippen LogP contribution in [0.2, 0.25) is 0 Å². The number of hydrogen-bond donors (Lipinski definition) is 3. The average molecular weight is 350 g/mol. The number of imidazole rings is 1. The Balaban J connectivity index is 1.38. The maximum atomic E-state index is 5.50. The van der Waals surface area contributed by atoms with Crippen LogP contribution < -0.4 is 10.6 Å². The summed E-state index contributed by atoms with van der Waals surface area (Å²) in [5.41, 5.74) is 2.20. The molecular formula is C19H22N6O. The minimum absolute atomic E-state index is 0.316. The first-order valence-corrected chi connectivity index (χ1v) is 8.87. The Morgan fingerprint density at radius 1 is 1.19 bits per heavy atom. The van der Waals surface area contributed by atoms with Gasteiger partial charge >= 0.3 is 0 Å².